The zero-order valence-corrected chi connectivity index (χ0v) is 15.2. The second-order valence-corrected chi connectivity index (χ2v) is 8.27. The van der Waals surface area contributed by atoms with Crippen LogP contribution in [0.1, 0.15) is 48.0 Å². The van der Waals surface area contributed by atoms with Gasteiger partial charge in [0.2, 0.25) is 13.7 Å². The molecule has 0 saturated heterocycles. The van der Waals surface area contributed by atoms with Gasteiger partial charge in [-0.25, -0.2) is 0 Å². The van der Waals surface area contributed by atoms with E-state index in [1.165, 1.54) is 19.5 Å². The van der Waals surface area contributed by atoms with E-state index in [-0.39, 0.29) is 11.1 Å². The van der Waals surface area contributed by atoms with Crippen molar-refractivity contribution in [3.63, 3.8) is 0 Å². The Morgan fingerprint density at radius 3 is 1.05 bits per heavy atom. The minimum atomic E-state index is 0.262. The van der Waals surface area contributed by atoms with Crippen molar-refractivity contribution in [3.05, 3.63) is 0 Å². The largest absolute Gasteiger partial charge is 0.338 e. The molecule has 0 heterocycles. The Balaban J connectivity index is 4.47. The van der Waals surface area contributed by atoms with E-state index >= 15 is 0 Å². The molecule has 0 amide bonds. The first kappa shape index (κ1) is 19.0. The van der Waals surface area contributed by atoms with Gasteiger partial charge in [-0.2, -0.15) is 0 Å². The van der Waals surface area contributed by atoms with Crippen LogP contribution in [0.4, 0.5) is 0 Å². The first-order valence-corrected chi connectivity index (χ1v) is 7.91. The summed E-state index contributed by atoms with van der Waals surface area (Å²) in [5.41, 5.74) is 0.525. The van der Waals surface area contributed by atoms with Crippen molar-refractivity contribution in [1.29, 1.82) is 0 Å². The SMILES string of the molecule is CB(C)N(CCCN(B(C)C)C(C)(C)C)C(C)(C)C. The van der Waals surface area contributed by atoms with Crippen LogP contribution in [0.25, 0.3) is 0 Å². The molecule has 19 heavy (non-hydrogen) atoms. The molecule has 0 spiro atoms. The molecule has 0 saturated carbocycles. The van der Waals surface area contributed by atoms with Gasteiger partial charge in [-0.05, 0) is 61.1 Å². The third-order valence-corrected chi connectivity index (χ3v) is 3.77. The van der Waals surface area contributed by atoms with Crippen molar-refractivity contribution in [2.24, 2.45) is 0 Å². The summed E-state index contributed by atoms with van der Waals surface area (Å²) in [7, 11) is 0. The van der Waals surface area contributed by atoms with Gasteiger partial charge < -0.3 is 9.62 Å². The lowest BCUT2D eigenvalue weighted by atomic mass is 9.62. The van der Waals surface area contributed by atoms with Crippen LogP contribution in [0.2, 0.25) is 27.3 Å². The molecule has 0 unspecified atom stereocenters. The molecule has 4 heteroatoms. The van der Waals surface area contributed by atoms with Gasteiger partial charge >= 0.3 is 0 Å². The maximum atomic E-state index is 2.61. The number of hydrogen-bond donors (Lipinski definition) is 0. The number of nitrogens with zero attached hydrogens (tertiary/aromatic N) is 2. The quantitative estimate of drug-likeness (QED) is 0.668. The minimum Gasteiger partial charge on any atom is -0.338 e. The molecule has 2 nitrogen and oxygen atoms in total. The van der Waals surface area contributed by atoms with Gasteiger partial charge in [0, 0.05) is 11.1 Å². The molecule has 0 aliphatic heterocycles. The lowest BCUT2D eigenvalue weighted by Gasteiger charge is -2.41. The summed E-state index contributed by atoms with van der Waals surface area (Å²) in [6, 6.07) is 0. The molecular formula is C15H36B2N2. The van der Waals surface area contributed by atoms with Gasteiger partial charge in [0.05, 0.1) is 0 Å². The van der Waals surface area contributed by atoms with Crippen LogP contribution in [0.5, 0.6) is 0 Å². The Morgan fingerprint density at radius 1 is 0.632 bits per heavy atom. The smallest absolute Gasteiger partial charge is 0.217 e. The predicted octanol–water partition coefficient (Wildman–Crippen LogP) is 4.08. The molecule has 0 radical (unpaired) electrons. The van der Waals surface area contributed by atoms with Gasteiger partial charge in [0.1, 0.15) is 0 Å². The monoisotopic (exact) mass is 266 g/mol. The summed E-state index contributed by atoms with van der Waals surface area (Å²) < 4.78 is 0. The van der Waals surface area contributed by atoms with Crippen LogP contribution >= 0.6 is 0 Å². The second-order valence-electron chi connectivity index (χ2n) is 8.27. The van der Waals surface area contributed by atoms with Crippen LogP contribution in [0, 0.1) is 0 Å². The molecule has 0 aliphatic rings. The normalized spacial score (nSPS) is 13.3. The first-order chi connectivity index (χ1) is 8.37. The van der Waals surface area contributed by atoms with Crippen LogP contribution < -0.4 is 0 Å². The highest BCUT2D eigenvalue weighted by Gasteiger charge is 2.27. The van der Waals surface area contributed by atoms with Crippen LogP contribution in [-0.4, -0.2) is 47.5 Å². The predicted molar refractivity (Wildman–Crippen MR) is 92.5 cm³/mol. The lowest BCUT2D eigenvalue weighted by Crippen LogP contribution is -2.52. The summed E-state index contributed by atoms with van der Waals surface area (Å²) in [6.07, 6.45) is 1.24. The fourth-order valence-electron chi connectivity index (χ4n) is 3.15. The van der Waals surface area contributed by atoms with Crippen molar-refractivity contribution >= 4 is 13.7 Å². The van der Waals surface area contributed by atoms with Crippen molar-refractivity contribution in [2.75, 3.05) is 13.1 Å². The number of hydrogen-bond acceptors (Lipinski definition) is 2. The van der Waals surface area contributed by atoms with E-state index in [0.29, 0.717) is 13.7 Å². The standard InChI is InChI=1S/C15H36B2N2/c1-14(2,3)18(16(7)8)12-11-13-19(17(9)10)15(4,5)6/h11-13H2,1-10H3. The van der Waals surface area contributed by atoms with Crippen molar-refractivity contribution in [1.82, 2.24) is 9.62 Å². The highest BCUT2D eigenvalue weighted by molar-refractivity contribution is 6.53. The molecule has 0 aromatic carbocycles. The van der Waals surface area contributed by atoms with Gasteiger partial charge in [0.15, 0.2) is 0 Å². The van der Waals surface area contributed by atoms with E-state index in [4.69, 9.17) is 0 Å². The maximum Gasteiger partial charge on any atom is 0.217 e. The zero-order chi connectivity index (χ0) is 15.4. The molecule has 0 bridgehead atoms. The van der Waals surface area contributed by atoms with Gasteiger partial charge in [-0.15, -0.1) is 0 Å². The third-order valence-electron chi connectivity index (χ3n) is 3.77. The Kier molecular flexibility index (Phi) is 7.19. The van der Waals surface area contributed by atoms with Gasteiger partial charge in [0.25, 0.3) is 0 Å². The number of rotatable bonds is 6. The first-order valence-electron chi connectivity index (χ1n) is 7.91. The van der Waals surface area contributed by atoms with E-state index in [0.717, 1.165) is 0 Å². The average Bonchev–Trinajstić information content (AvgIpc) is 2.11. The molecule has 0 aliphatic carbocycles. The minimum absolute atomic E-state index is 0.262. The Labute approximate surface area is 123 Å². The molecule has 0 aromatic heterocycles. The van der Waals surface area contributed by atoms with E-state index in [1.807, 2.05) is 0 Å². The van der Waals surface area contributed by atoms with Crippen molar-refractivity contribution in [3.8, 4) is 0 Å². The van der Waals surface area contributed by atoms with Crippen LogP contribution in [-0.2, 0) is 0 Å². The van der Waals surface area contributed by atoms with Crippen LogP contribution in [0.3, 0.4) is 0 Å². The van der Waals surface area contributed by atoms with E-state index in [9.17, 15) is 0 Å². The highest BCUT2D eigenvalue weighted by Crippen LogP contribution is 2.18. The summed E-state index contributed by atoms with van der Waals surface area (Å²) in [5.74, 6) is 0. The zero-order valence-electron chi connectivity index (χ0n) is 15.2. The Hall–Kier alpha value is 0.0499. The molecule has 0 fully saturated rings. The summed E-state index contributed by atoms with van der Waals surface area (Å²) in [4.78, 5) is 5.21. The fraction of sp³-hybridized carbons (Fsp3) is 1.00. The van der Waals surface area contributed by atoms with Gasteiger partial charge in [-0.3, -0.25) is 0 Å². The average molecular weight is 266 g/mol. The highest BCUT2D eigenvalue weighted by atomic mass is 15.1. The molecular weight excluding hydrogens is 230 g/mol. The fourth-order valence-corrected chi connectivity index (χ4v) is 3.15. The summed E-state index contributed by atoms with van der Waals surface area (Å²) in [6.45, 7) is 26.7. The Morgan fingerprint density at radius 2 is 0.895 bits per heavy atom. The molecule has 0 atom stereocenters. The van der Waals surface area contributed by atoms with E-state index in [2.05, 4.69) is 78.5 Å². The lowest BCUT2D eigenvalue weighted by molar-refractivity contribution is 0.210. The van der Waals surface area contributed by atoms with E-state index < -0.39 is 0 Å². The van der Waals surface area contributed by atoms with Crippen molar-refractivity contribution in [2.45, 2.75) is 86.3 Å². The topological polar surface area (TPSA) is 6.48 Å². The van der Waals surface area contributed by atoms with Crippen molar-refractivity contribution < 1.29 is 0 Å². The molecule has 0 N–H and O–H groups in total. The second kappa shape index (κ2) is 7.17. The summed E-state index contributed by atoms with van der Waals surface area (Å²) >= 11 is 0. The van der Waals surface area contributed by atoms with Crippen LogP contribution in [0.15, 0.2) is 0 Å². The maximum absolute atomic E-state index is 2.61. The van der Waals surface area contributed by atoms with Gasteiger partial charge in [-0.1, -0.05) is 27.3 Å². The van der Waals surface area contributed by atoms with E-state index in [1.54, 1.807) is 0 Å². The Bertz CT molecular complexity index is 226. The third kappa shape index (κ3) is 6.85. The molecule has 0 aromatic rings. The molecule has 0 rings (SSSR count). The molecule has 112 valence electrons. The summed E-state index contributed by atoms with van der Waals surface area (Å²) in [5, 5.41) is 0.